The van der Waals surface area contributed by atoms with Crippen LogP contribution in [0.2, 0.25) is 0 Å². The second kappa shape index (κ2) is 4.41. The fraction of sp³-hybridized carbons (Fsp3) is 0.909. The molecule has 2 fully saturated rings. The minimum absolute atomic E-state index is 0.194. The van der Waals surface area contributed by atoms with E-state index in [1.165, 1.54) is 25.7 Å². The van der Waals surface area contributed by atoms with Crippen molar-refractivity contribution in [1.82, 2.24) is 5.32 Å². The van der Waals surface area contributed by atoms with Gasteiger partial charge in [-0.05, 0) is 25.2 Å². The lowest BCUT2D eigenvalue weighted by Crippen LogP contribution is -2.49. The Morgan fingerprint density at radius 3 is 2.93 bits per heavy atom. The third-order valence-corrected chi connectivity index (χ3v) is 3.78. The van der Waals surface area contributed by atoms with E-state index in [1.54, 1.807) is 0 Å². The maximum atomic E-state index is 11.5. The van der Waals surface area contributed by atoms with Gasteiger partial charge in [-0.1, -0.05) is 12.8 Å². The molecule has 3 heteroatoms. The standard InChI is InChI=1S/C11H20N2O/c12-6-11(14)9-5-8-3-1-2-4-10(8)13-7-9/h8-10,13H,1-7,12H2. The van der Waals surface area contributed by atoms with Gasteiger partial charge in [-0.15, -0.1) is 0 Å². The monoisotopic (exact) mass is 196 g/mol. The van der Waals surface area contributed by atoms with E-state index in [1.807, 2.05) is 0 Å². The first-order valence-corrected chi connectivity index (χ1v) is 5.77. The number of fused-ring (bicyclic) bond motifs is 1. The summed E-state index contributed by atoms with van der Waals surface area (Å²) >= 11 is 0. The van der Waals surface area contributed by atoms with Gasteiger partial charge < -0.3 is 11.1 Å². The summed E-state index contributed by atoms with van der Waals surface area (Å²) in [4.78, 5) is 11.5. The second-order valence-corrected chi connectivity index (χ2v) is 4.66. The van der Waals surface area contributed by atoms with Crippen LogP contribution in [-0.2, 0) is 4.79 Å². The van der Waals surface area contributed by atoms with Gasteiger partial charge in [0.2, 0.25) is 0 Å². The number of nitrogens with two attached hydrogens (primary N) is 1. The first-order chi connectivity index (χ1) is 6.81. The van der Waals surface area contributed by atoms with Gasteiger partial charge in [0.05, 0.1) is 6.54 Å². The van der Waals surface area contributed by atoms with E-state index in [2.05, 4.69) is 5.32 Å². The second-order valence-electron chi connectivity index (χ2n) is 4.66. The van der Waals surface area contributed by atoms with E-state index in [-0.39, 0.29) is 18.2 Å². The molecule has 3 atom stereocenters. The smallest absolute Gasteiger partial charge is 0.150 e. The predicted octanol–water partition coefficient (Wildman–Crippen LogP) is 0.682. The molecule has 2 rings (SSSR count). The van der Waals surface area contributed by atoms with Crippen molar-refractivity contribution in [3.05, 3.63) is 0 Å². The van der Waals surface area contributed by atoms with E-state index in [9.17, 15) is 4.79 Å². The largest absolute Gasteiger partial charge is 0.324 e. The molecule has 1 aliphatic heterocycles. The topological polar surface area (TPSA) is 55.1 Å². The Bertz CT molecular complexity index is 217. The van der Waals surface area contributed by atoms with Crippen molar-refractivity contribution < 1.29 is 4.79 Å². The van der Waals surface area contributed by atoms with Crippen LogP contribution in [0.5, 0.6) is 0 Å². The van der Waals surface area contributed by atoms with Gasteiger partial charge >= 0.3 is 0 Å². The molecule has 80 valence electrons. The molecular weight excluding hydrogens is 176 g/mol. The molecule has 0 aromatic carbocycles. The van der Waals surface area contributed by atoms with Crippen molar-refractivity contribution in [2.45, 2.75) is 38.1 Å². The zero-order valence-electron chi connectivity index (χ0n) is 8.67. The summed E-state index contributed by atoms with van der Waals surface area (Å²) in [5, 5.41) is 3.51. The van der Waals surface area contributed by atoms with E-state index in [0.717, 1.165) is 18.9 Å². The van der Waals surface area contributed by atoms with Gasteiger partial charge in [0.25, 0.3) is 0 Å². The molecule has 3 N–H and O–H groups in total. The number of hydrogen-bond acceptors (Lipinski definition) is 3. The highest BCUT2D eigenvalue weighted by Crippen LogP contribution is 2.32. The maximum absolute atomic E-state index is 11.5. The number of carbonyl (C=O) groups excluding carboxylic acids is 1. The molecule has 1 saturated carbocycles. The van der Waals surface area contributed by atoms with Gasteiger partial charge in [-0.3, -0.25) is 4.79 Å². The van der Waals surface area contributed by atoms with E-state index in [4.69, 9.17) is 5.73 Å². The Balaban J connectivity index is 1.92. The van der Waals surface area contributed by atoms with E-state index < -0.39 is 0 Å². The first-order valence-electron chi connectivity index (χ1n) is 5.77. The molecule has 1 aliphatic carbocycles. The lowest BCUT2D eigenvalue weighted by atomic mass is 9.75. The average molecular weight is 196 g/mol. The number of rotatable bonds is 2. The Morgan fingerprint density at radius 1 is 1.36 bits per heavy atom. The quantitative estimate of drug-likeness (QED) is 0.683. The van der Waals surface area contributed by atoms with Crippen LogP contribution in [0.1, 0.15) is 32.1 Å². The molecule has 0 bridgehead atoms. The van der Waals surface area contributed by atoms with Crippen LogP contribution < -0.4 is 11.1 Å². The van der Waals surface area contributed by atoms with E-state index >= 15 is 0 Å². The molecule has 2 aliphatic rings. The molecule has 14 heavy (non-hydrogen) atoms. The zero-order valence-corrected chi connectivity index (χ0v) is 8.67. The number of carbonyl (C=O) groups is 1. The minimum Gasteiger partial charge on any atom is -0.324 e. The SMILES string of the molecule is NCC(=O)C1CNC2CCCCC2C1. The van der Waals surface area contributed by atoms with Gasteiger partial charge in [-0.2, -0.15) is 0 Å². The Kier molecular flexibility index (Phi) is 3.19. The molecule has 0 radical (unpaired) electrons. The highest BCUT2D eigenvalue weighted by molar-refractivity contribution is 5.83. The highest BCUT2D eigenvalue weighted by Gasteiger charge is 2.33. The van der Waals surface area contributed by atoms with Gasteiger partial charge in [-0.25, -0.2) is 0 Å². The van der Waals surface area contributed by atoms with Crippen LogP contribution in [0, 0.1) is 11.8 Å². The predicted molar refractivity (Wildman–Crippen MR) is 55.9 cm³/mol. The minimum atomic E-state index is 0.194. The summed E-state index contributed by atoms with van der Waals surface area (Å²) < 4.78 is 0. The van der Waals surface area contributed by atoms with Crippen molar-refractivity contribution in [1.29, 1.82) is 0 Å². The summed E-state index contributed by atoms with van der Waals surface area (Å²) in [5.74, 6) is 1.17. The van der Waals surface area contributed by atoms with Gasteiger partial charge in [0, 0.05) is 18.5 Å². The summed E-state index contributed by atoms with van der Waals surface area (Å²) in [5.41, 5.74) is 5.39. The Labute approximate surface area is 85.4 Å². The van der Waals surface area contributed by atoms with Crippen LogP contribution >= 0.6 is 0 Å². The van der Waals surface area contributed by atoms with Crippen LogP contribution in [0.25, 0.3) is 0 Å². The maximum Gasteiger partial charge on any atom is 0.150 e. The van der Waals surface area contributed by atoms with Crippen LogP contribution in [0.15, 0.2) is 0 Å². The van der Waals surface area contributed by atoms with Crippen molar-refractivity contribution in [3.8, 4) is 0 Å². The van der Waals surface area contributed by atoms with Crippen LogP contribution in [0.3, 0.4) is 0 Å². The molecule has 1 saturated heterocycles. The van der Waals surface area contributed by atoms with Crippen LogP contribution in [0.4, 0.5) is 0 Å². The molecule has 0 aromatic rings. The van der Waals surface area contributed by atoms with Crippen molar-refractivity contribution in [3.63, 3.8) is 0 Å². The molecule has 1 heterocycles. The number of nitrogens with one attached hydrogen (secondary N) is 1. The van der Waals surface area contributed by atoms with Gasteiger partial charge in [0.15, 0.2) is 5.78 Å². The summed E-state index contributed by atoms with van der Waals surface area (Å²) in [6.45, 7) is 1.07. The van der Waals surface area contributed by atoms with Crippen LogP contribution in [-0.4, -0.2) is 24.9 Å². The molecule has 3 unspecified atom stereocenters. The number of Topliss-reactive ketones (excluding diaryl/α,β-unsaturated/α-hetero) is 1. The molecule has 0 amide bonds. The summed E-state index contributed by atoms with van der Waals surface area (Å²) in [7, 11) is 0. The summed E-state index contributed by atoms with van der Waals surface area (Å²) in [6, 6.07) is 0.686. The molecule has 3 nitrogen and oxygen atoms in total. The van der Waals surface area contributed by atoms with Crippen molar-refractivity contribution in [2.24, 2.45) is 17.6 Å². The van der Waals surface area contributed by atoms with Crippen molar-refractivity contribution >= 4 is 5.78 Å². The Morgan fingerprint density at radius 2 is 2.14 bits per heavy atom. The molecular formula is C11H20N2O. The molecule has 0 spiro atoms. The highest BCUT2D eigenvalue weighted by atomic mass is 16.1. The first kappa shape index (κ1) is 10.1. The lowest BCUT2D eigenvalue weighted by Gasteiger charge is -2.39. The summed E-state index contributed by atoms with van der Waals surface area (Å²) in [6.07, 6.45) is 6.37. The Hall–Kier alpha value is -0.410. The number of piperidine rings is 1. The third-order valence-electron chi connectivity index (χ3n) is 3.78. The fourth-order valence-corrected chi connectivity index (χ4v) is 2.91. The third kappa shape index (κ3) is 1.98. The zero-order chi connectivity index (χ0) is 9.97. The number of hydrogen-bond donors (Lipinski definition) is 2. The lowest BCUT2D eigenvalue weighted by molar-refractivity contribution is -0.122. The van der Waals surface area contributed by atoms with E-state index in [0.29, 0.717) is 6.04 Å². The normalized spacial score (nSPS) is 37.6. The fourth-order valence-electron chi connectivity index (χ4n) is 2.91. The molecule has 0 aromatic heterocycles. The average Bonchev–Trinajstić information content (AvgIpc) is 2.27. The van der Waals surface area contributed by atoms with Gasteiger partial charge in [0.1, 0.15) is 0 Å². The number of ketones is 1. The van der Waals surface area contributed by atoms with Crippen molar-refractivity contribution in [2.75, 3.05) is 13.1 Å².